The van der Waals surface area contributed by atoms with Gasteiger partial charge in [0, 0.05) is 0 Å². The van der Waals surface area contributed by atoms with E-state index in [1.807, 2.05) is 0 Å². The summed E-state index contributed by atoms with van der Waals surface area (Å²) in [7, 11) is 0. The number of aliphatic carboxylic acids is 2. The zero-order valence-electron chi connectivity index (χ0n) is 16.8. The third kappa shape index (κ3) is 16.2. The monoisotopic (exact) mass is 368 g/mol. The fourth-order valence-corrected chi connectivity index (χ4v) is 3.13. The van der Waals surface area contributed by atoms with Gasteiger partial charge in [-0.3, -0.25) is 9.59 Å². The molecule has 0 aromatic carbocycles. The molecule has 0 amide bonds. The average molecular weight is 369 g/mol. The number of hydrogen-bond donors (Lipinski definition) is 2. The Bertz CT molecular complexity index is 362. The molecule has 0 aliphatic rings. The normalized spacial score (nSPS) is 11.5. The van der Waals surface area contributed by atoms with Crippen LogP contribution in [-0.2, 0) is 9.59 Å². The molecule has 0 radical (unpaired) electrons. The lowest BCUT2D eigenvalue weighted by molar-refractivity contribution is -0.154. The molecule has 152 valence electrons. The molecule has 0 bridgehead atoms. The van der Waals surface area contributed by atoms with Gasteiger partial charge in [0.25, 0.3) is 0 Å². The molecule has 0 rings (SSSR count). The van der Waals surface area contributed by atoms with Crippen LogP contribution in [0.2, 0.25) is 0 Å². The van der Waals surface area contributed by atoms with E-state index in [1.54, 1.807) is 0 Å². The van der Waals surface area contributed by atoms with Crippen molar-refractivity contribution in [1.29, 1.82) is 0 Å². The molecule has 0 saturated heterocycles. The Labute approximate surface area is 160 Å². The van der Waals surface area contributed by atoms with Crippen molar-refractivity contribution in [3.8, 4) is 0 Å². The summed E-state index contributed by atoms with van der Waals surface area (Å²) in [4.78, 5) is 21.5. The summed E-state index contributed by atoms with van der Waals surface area (Å²) in [5, 5.41) is 17.6. The van der Waals surface area contributed by atoms with Crippen molar-refractivity contribution in [2.45, 2.75) is 110 Å². The predicted molar refractivity (Wildman–Crippen MR) is 107 cm³/mol. The number of allylic oxidation sites excluding steroid dienone is 2. The van der Waals surface area contributed by atoms with Crippen LogP contribution >= 0.6 is 0 Å². The van der Waals surface area contributed by atoms with Crippen molar-refractivity contribution >= 4 is 11.9 Å². The Morgan fingerprint density at radius 2 is 1.04 bits per heavy atom. The first-order chi connectivity index (χ1) is 12.6. The second-order valence-corrected chi connectivity index (χ2v) is 7.31. The summed E-state index contributed by atoms with van der Waals surface area (Å²) in [5.41, 5.74) is 0. The number of carboxylic acids is 2. The third-order valence-corrected chi connectivity index (χ3v) is 4.85. The zero-order chi connectivity index (χ0) is 19.5. The first kappa shape index (κ1) is 24.7. The van der Waals surface area contributed by atoms with E-state index >= 15 is 0 Å². The van der Waals surface area contributed by atoms with Crippen LogP contribution in [0.1, 0.15) is 110 Å². The molecule has 0 spiro atoms. The summed E-state index contributed by atoms with van der Waals surface area (Å²) >= 11 is 0. The molecular weight excluding hydrogens is 328 g/mol. The lowest BCUT2D eigenvalue weighted by Crippen LogP contribution is -2.23. The van der Waals surface area contributed by atoms with Crippen molar-refractivity contribution in [1.82, 2.24) is 0 Å². The highest BCUT2D eigenvalue weighted by Crippen LogP contribution is 2.14. The summed E-state index contributed by atoms with van der Waals surface area (Å²) in [6.07, 6.45) is 23.0. The Kier molecular flexibility index (Phi) is 17.5. The van der Waals surface area contributed by atoms with Gasteiger partial charge in [-0.25, -0.2) is 0 Å². The van der Waals surface area contributed by atoms with E-state index in [1.165, 1.54) is 57.8 Å². The van der Waals surface area contributed by atoms with Crippen molar-refractivity contribution in [2.24, 2.45) is 5.92 Å². The standard InChI is InChI=1S/C22H40O4/c1-2-3-4-5-6-7-8-9-10-11-12-13-14-15-16-17-18-19-20(21(23)24)22(25)26/h11-12,20H,2-10,13-19H2,1H3,(H,23,24)(H,25,26). The minimum Gasteiger partial charge on any atom is -0.481 e. The van der Waals surface area contributed by atoms with E-state index < -0.39 is 17.9 Å². The molecule has 4 heteroatoms. The first-order valence-corrected chi connectivity index (χ1v) is 10.7. The SMILES string of the molecule is CCCCCCCCCCC=CCCCCCCCC(C(=O)O)C(=O)O. The molecule has 0 aliphatic carbocycles. The van der Waals surface area contributed by atoms with E-state index in [2.05, 4.69) is 19.1 Å². The molecule has 0 unspecified atom stereocenters. The Balaban J connectivity index is 3.31. The molecule has 0 aromatic rings. The van der Waals surface area contributed by atoms with Gasteiger partial charge < -0.3 is 10.2 Å². The van der Waals surface area contributed by atoms with E-state index in [0.717, 1.165) is 32.1 Å². The van der Waals surface area contributed by atoms with Crippen LogP contribution < -0.4 is 0 Å². The topological polar surface area (TPSA) is 74.6 Å². The minimum atomic E-state index is -1.24. The molecule has 2 N–H and O–H groups in total. The van der Waals surface area contributed by atoms with E-state index in [4.69, 9.17) is 10.2 Å². The van der Waals surface area contributed by atoms with E-state index in [-0.39, 0.29) is 6.42 Å². The molecule has 0 aromatic heterocycles. The molecule has 0 saturated carbocycles. The number of hydrogen-bond acceptors (Lipinski definition) is 2. The second-order valence-electron chi connectivity index (χ2n) is 7.31. The highest BCUT2D eigenvalue weighted by atomic mass is 16.4. The number of rotatable bonds is 19. The van der Waals surface area contributed by atoms with Gasteiger partial charge >= 0.3 is 11.9 Å². The lowest BCUT2D eigenvalue weighted by Gasteiger charge is -2.06. The molecule has 0 fully saturated rings. The highest BCUT2D eigenvalue weighted by molar-refractivity contribution is 5.92. The van der Waals surface area contributed by atoms with Crippen molar-refractivity contribution in [3.63, 3.8) is 0 Å². The summed E-state index contributed by atoms with van der Waals surface area (Å²) in [5.74, 6) is -3.69. The van der Waals surface area contributed by atoms with Gasteiger partial charge in [-0.2, -0.15) is 0 Å². The number of carbonyl (C=O) groups is 2. The minimum absolute atomic E-state index is 0.239. The number of unbranched alkanes of at least 4 members (excludes halogenated alkanes) is 13. The molecule has 0 aliphatic heterocycles. The van der Waals surface area contributed by atoms with Crippen molar-refractivity contribution in [3.05, 3.63) is 12.2 Å². The smallest absolute Gasteiger partial charge is 0.317 e. The van der Waals surface area contributed by atoms with Gasteiger partial charge in [-0.05, 0) is 32.1 Å². The molecular formula is C22H40O4. The van der Waals surface area contributed by atoms with Gasteiger partial charge in [0.05, 0.1) is 0 Å². The maximum atomic E-state index is 10.8. The van der Waals surface area contributed by atoms with Crippen LogP contribution in [0, 0.1) is 5.92 Å². The molecule has 26 heavy (non-hydrogen) atoms. The Morgan fingerprint density at radius 3 is 1.46 bits per heavy atom. The second kappa shape index (κ2) is 18.5. The largest absolute Gasteiger partial charge is 0.481 e. The summed E-state index contributed by atoms with van der Waals surface area (Å²) in [6, 6.07) is 0. The predicted octanol–water partition coefficient (Wildman–Crippen LogP) is 6.59. The molecule has 4 nitrogen and oxygen atoms in total. The van der Waals surface area contributed by atoms with Gasteiger partial charge in [-0.1, -0.05) is 89.7 Å². The van der Waals surface area contributed by atoms with Crippen LogP contribution in [0.4, 0.5) is 0 Å². The van der Waals surface area contributed by atoms with Crippen LogP contribution in [0.5, 0.6) is 0 Å². The van der Waals surface area contributed by atoms with Crippen LogP contribution in [-0.4, -0.2) is 22.2 Å². The molecule has 0 atom stereocenters. The summed E-state index contributed by atoms with van der Waals surface area (Å²) in [6.45, 7) is 2.26. The van der Waals surface area contributed by atoms with Crippen molar-refractivity contribution < 1.29 is 19.8 Å². The summed E-state index contributed by atoms with van der Waals surface area (Å²) < 4.78 is 0. The maximum Gasteiger partial charge on any atom is 0.317 e. The van der Waals surface area contributed by atoms with E-state index in [9.17, 15) is 9.59 Å². The Morgan fingerprint density at radius 1 is 0.654 bits per heavy atom. The zero-order valence-corrected chi connectivity index (χ0v) is 16.8. The maximum absolute atomic E-state index is 10.8. The van der Waals surface area contributed by atoms with Crippen LogP contribution in [0.25, 0.3) is 0 Å². The number of carboxylic acid groups (broad SMARTS) is 2. The van der Waals surface area contributed by atoms with E-state index in [0.29, 0.717) is 6.42 Å². The highest BCUT2D eigenvalue weighted by Gasteiger charge is 2.24. The van der Waals surface area contributed by atoms with Gasteiger partial charge in [0.1, 0.15) is 0 Å². The fraction of sp³-hybridized carbons (Fsp3) is 0.818. The van der Waals surface area contributed by atoms with Gasteiger partial charge in [0.2, 0.25) is 0 Å². The van der Waals surface area contributed by atoms with Crippen LogP contribution in [0.3, 0.4) is 0 Å². The Hall–Kier alpha value is -1.32. The lowest BCUT2D eigenvalue weighted by atomic mass is 10.0. The first-order valence-electron chi connectivity index (χ1n) is 10.7. The third-order valence-electron chi connectivity index (χ3n) is 4.85. The fourth-order valence-electron chi connectivity index (χ4n) is 3.13. The van der Waals surface area contributed by atoms with Crippen LogP contribution in [0.15, 0.2) is 12.2 Å². The average Bonchev–Trinajstić information content (AvgIpc) is 2.60. The van der Waals surface area contributed by atoms with Gasteiger partial charge in [-0.15, -0.1) is 0 Å². The van der Waals surface area contributed by atoms with Gasteiger partial charge in [0.15, 0.2) is 5.92 Å². The molecule has 0 heterocycles. The van der Waals surface area contributed by atoms with Crippen molar-refractivity contribution in [2.75, 3.05) is 0 Å². The quantitative estimate of drug-likeness (QED) is 0.153.